The summed E-state index contributed by atoms with van der Waals surface area (Å²) in [6.45, 7) is 0.371. The van der Waals surface area contributed by atoms with Gasteiger partial charge < -0.3 is 4.90 Å². The maximum Gasteiger partial charge on any atom is 0.280 e. The van der Waals surface area contributed by atoms with Crippen LogP contribution >= 0.6 is 0 Å². The average molecular weight is 218 g/mol. The van der Waals surface area contributed by atoms with Crippen molar-refractivity contribution < 1.29 is 9.72 Å². The van der Waals surface area contributed by atoms with Crippen molar-refractivity contribution >= 4 is 17.7 Å². The van der Waals surface area contributed by atoms with Crippen molar-refractivity contribution in [2.75, 3.05) is 18.5 Å². The number of nitro groups is 1. The van der Waals surface area contributed by atoms with Gasteiger partial charge >= 0.3 is 0 Å². The first-order valence-corrected chi connectivity index (χ1v) is 4.48. The second-order valence-electron chi connectivity index (χ2n) is 3.18. The first kappa shape index (κ1) is 11.7. The van der Waals surface area contributed by atoms with Crippen LogP contribution in [0.4, 0.5) is 11.4 Å². The zero-order valence-electron chi connectivity index (χ0n) is 8.71. The summed E-state index contributed by atoms with van der Waals surface area (Å²) in [4.78, 5) is 22.4. The van der Waals surface area contributed by atoms with Gasteiger partial charge in [-0.25, -0.2) is 0 Å². The Hall–Kier alpha value is -2.35. The molecule has 0 saturated heterocycles. The van der Waals surface area contributed by atoms with Crippen LogP contribution in [0.2, 0.25) is 0 Å². The lowest BCUT2D eigenvalue weighted by Gasteiger charge is -2.15. The number of carbonyl (C=O) groups excluding carboxylic acids is 1. The predicted octanol–water partition coefficient (Wildman–Crippen LogP) is 1.48. The summed E-state index contributed by atoms with van der Waals surface area (Å²) in [5.74, 6) is 2.44. The Kier molecular flexibility index (Phi) is 3.62. The van der Waals surface area contributed by atoms with E-state index < -0.39 is 4.92 Å². The number of rotatable bonds is 4. The molecule has 1 rings (SSSR count). The molecule has 1 aromatic carbocycles. The Morgan fingerprint density at radius 1 is 1.62 bits per heavy atom. The molecular weight excluding hydrogens is 208 g/mol. The van der Waals surface area contributed by atoms with Crippen molar-refractivity contribution in [1.82, 2.24) is 0 Å². The van der Waals surface area contributed by atoms with Crippen LogP contribution in [0.5, 0.6) is 0 Å². The highest BCUT2D eigenvalue weighted by Crippen LogP contribution is 2.22. The van der Waals surface area contributed by atoms with Crippen LogP contribution in [0, 0.1) is 22.5 Å². The Labute approximate surface area is 92.8 Å². The van der Waals surface area contributed by atoms with Crippen molar-refractivity contribution in [3.8, 4) is 12.3 Å². The third-order valence-electron chi connectivity index (χ3n) is 2.10. The van der Waals surface area contributed by atoms with Gasteiger partial charge in [-0.1, -0.05) is 5.92 Å². The van der Waals surface area contributed by atoms with Gasteiger partial charge in [-0.2, -0.15) is 0 Å². The Bertz CT molecular complexity index is 463. The lowest BCUT2D eigenvalue weighted by Crippen LogP contribution is -2.17. The molecule has 0 aliphatic carbocycles. The zero-order valence-corrected chi connectivity index (χ0v) is 8.71. The first-order valence-electron chi connectivity index (χ1n) is 4.48. The fraction of sp³-hybridized carbons (Fsp3) is 0.182. The Morgan fingerprint density at radius 3 is 2.81 bits per heavy atom. The minimum atomic E-state index is -0.589. The van der Waals surface area contributed by atoms with E-state index in [1.165, 1.54) is 12.1 Å². The van der Waals surface area contributed by atoms with Crippen LogP contribution in [0.15, 0.2) is 18.2 Å². The molecule has 5 nitrogen and oxygen atoms in total. The molecule has 0 heterocycles. The van der Waals surface area contributed by atoms with Gasteiger partial charge in [0.05, 0.1) is 17.0 Å². The van der Waals surface area contributed by atoms with Crippen molar-refractivity contribution in [1.29, 1.82) is 0 Å². The normalized spacial score (nSPS) is 9.25. The number of anilines is 1. The van der Waals surface area contributed by atoms with E-state index in [0.29, 0.717) is 18.5 Å². The summed E-state index contributed by atoms with van der Waals surface area (Å²) in [5, 5.41) is 10.6. The van der Waals surface area contributed by atoms with Gasteiger partial charge in [0.1, 0.15) is 0 Å². The Morgan fingerprint density at radius 2 is 2.31 bits per heavy atom. The van der Waals surface area contributed by atoms with Crippen molar-refractivity contribution in [3.63, 3.8) is 0 Å². The van der Waals surface area contributed by atoms with E-state index in [-0.39, 0.29) is 11.3 Å². The summed E-state index contributed by atoms with van der Waals surface area (Å²) in [6, 6.07) is 4.30. The molecule has 0 radical (unpaired) electrons. The summed E-state index contributed by atoms with van der Waals surface area (Å²) >= 11 is 0. The quantitative estimate of drug-likeness (QED) is 0.332. The van der Waals surface area contributed by atoms with Gasteiger partial charge in [-0.05, 0) is 12.1 Å². The van der Waals surface area contributed by atoms with E-state index in [1.807, 2.05) is 0 Å². The first-order chi connectivity index (χ1) is 7.60. The lowest BCUT2D eigenvalue weighted by molar-refractivity contribution is -0.385. The molecule has 0 saturated carbocycles. The SMILES string of the molecule is C#CCN(C)c1ccc([N+](=O)[O-])c(C=O)c1. The molecule has 0 aliphatic heterocycles. The van der Waals surface area contributed by atoms with E-state index >= 15 is 0 Å². The highest BCUT2D eigenvalue weighted by molar-refractivity contribution is 5.83. The summed E-state index contributed by atoms with van der Waals surface area (Å²) in [7, 11) is 1.75. The largest absolute Gasteiger partial charge is 0.363 e. The smallest absolute Gasteiger partial charge is 0.280 e. The predicted molar refractivity (Wildman–Crippen MR) is 60.6 cm³/mol. The number of hydrogen-bond donors (Lipinski definition) is 0. The molecule has 0 spiro atoms. The molecule has 0 aliphatic rings. The van der Waals surface area contributed by atoms with Crippen molar-refractivity contribution in [2.24, 2.45) is 0 Å². The molecule has 0 atom stereocenters. The molecule has 0 amide bonds. The maximum absolute atomic E-state index is 10.7. The number of nitrogens with zero attached hydrogens (tertiary/aromatic N) is 2. The minimum absolute atomic E-state index is 0.0476. The number of carbonyl (C=O) groups is 1. The molecule has 0 unspecified atom stereocenters. The van der Waals surface area contributed by atoms with E-state index in [9.17, 15) is 14.9 Å². The number of hydrogen-bond acceptors (Lipinski definition) is 4. The lowest BCUT2D eigenvalue weighted by atomic mass is 10.1. The van der Waals surface area contributed by atoms with Crippen LogP contribution < -0.4 is 4.90 Å². The standard InChI is InChI=1S/C11H10N2O3/c1-3-6-12(2)10-4-5-11(13(15)16)9(7-10)8-14/h1,4-5,7-8H,6H2,2H3. The molecular formula is C11H10N2O3. The van der Waals surface area contributed by atoms with Gasteiger partial charge in [0, 0.05) is 18.8 Å². The molecule has 16 heavy (non-hydrogen) atoms. The van der Waals surface area contributed by atoms with Crippen LogP contribution in [-0.2, 0) is 0 Å². The van der Waals surface area contributed by atoms with E-state index in [4.69, 9.17) is 6.42 Å². The molecule has 0 bridgehead atoms. The highest BCUT2D eigenvalue weighted by Gasteiger charge is 2.14. The van der Waals surface area contributed by atoms with Gasteiger partial charge in [-0.3, -0.25) is 14.9 Å². The molecule has 82 valence electrons. The van der Waals surface area contributed by atoms with Gasteiger partial charge in [0.25, 0.3) is 5.69 Å². The second kappa shape index (κ2) is 4.94. The van der Waals surface area contributed by atoms with Gasteiger partial charge in [0.15, 0.2) is 6.29 Å². The van der Waals surface area contributed by atoms with Crippen LogP contribution in [-0.4, -0.2) is 24.8 Å². The van der Waals surface area contributed by atoms with Crippen LogP contribution in [0.1, 0.15) is 10.4 Å². The number of terminal acetylenes is 1. The zero-order chi connectivity index (χ0) is 12.1. The van der Waals surface area contributed by atoms with Crippen LogP contribution in [0.25, 0.3) is 0 Å². The molecule has 5 heteroatoms. The molecule has 0 aromatic heterocycles. The van der Waals surface area contributed by atoms with E-state index in [2.05, 4.69) is 5.92 Å². The van der Waals surface area contributed by atoms with Crippen molar-refractivity contribution in [3.05, 3.63) is 33.9 Å². The summed E-state index contributed by atoms with van der Waals surface area (Å²) in [5.41, 5.74) is 0.518. The third-order valence-corrected chi connectivity index (χ3v) is 2.10. The second-order valence-corrected chi connectivity index (χ2v) is 3.18. The summed E-state index contributed by atoms with van der Waals surface area (Å²) < 4.78 is 0. The highest BCUT2D eigenvalue weighted by atomic mass is 16.6. The molecule has 1 aromatic rings. The van der Waals surface area contributed by atoms with E-state index in [1.54, 1.807) is 18.0 Å². The summed E-state index contributed by atoms with van der Waals surface area (Å²) in [6.07, 6.45) is 5.61. The molecule has 0 N–H and O–H groups in total. The minimum Gasteiger partial charge on any atom is -0.363 e. The van der Waals surface area contributed by atoms with Crippen LogP contribution in [0.3, 0.4) is 0 Å². The van der Waals surface area contributed by atoms with Gasteiger partial charge in [-0.15, -0.1) is 6.42 Å². The average Bonchev–Trinajstić information content (AvgIpc) is 2.28. The maximum atomic E-state index is 10.7. The topological polar surface area (TPSA) is 63.4 Å². The van der Waals surface area contributed by atoms with Gasteiger partial charge in [0.2, 0.25) is 0 Å². The van der Waals surface area contributed by atoms with E-state index in [0.717, 1.165) is 0 Å². The fourth-order valence-corrected chi connectivity index (χ4v) is 1.27. The number of aldehydes is 1. The monoisotopic (exact) mass is 218 g/mol. The fourth-order valence-electron chi connectivity index (χ4n) is 1.27. The third kappa shape index (κ3) is 2.36. The Balaban J connectivity index is 3.14. The number of nitro benzene ring substituents is 1. The molecule has 0 fully saturated rings. The number of benzene rings is 1. The van der Waals surface area contributed by atoms with Crippen molar-refractivity contribution in [2.45, 2.75) is 0 Å².